The maximum absolute atomic E-state index is 12.8. The molecule has 3 aromatic rings. The summed E-state index contributed by atoms with van der Waals surface area (Å²) < 4.78 is 11.6. The lowest BCUT2D eigenvalue weighted by atomic mass is 10.1. The molecule has 132 valence electrons. The van der Waals surface area contributed by atoms with E-state index in [2.05, 4.69) is 5.10 Å². The fraction of sp³-hybridized carbons (Fsp3) is 0.167. The molecule has 1 unspecified atom stereocenters. The Morgan fingerprint density at radius 1 is 1.23 bits per heavy atom. The van der Waals surface area contributed by atoms with Crippen molar-refractivity contribution in [3.05, 3.63) is 77.9 Å². The van der Waals surface area contributed by atoms with Crippen molar-refractivity contribution in [2.45, 2.75) is 17.5 Å². The fourth-order valence-corrected chi connectivity index (χ4v) is 3.53. The Kier molecular flexibility index (Phi) is 4.49. The molecule has 26 heavy (non-hydrogen) atoms. The van der Waals surface area contributed by atoms with Crippen LogP contribution >= 0.6 is 11.8 Å². The number of hydrazone groups is 1. The molecule has 8 heteroatoms. The van der Waals surface area contributed by atoms with E-state index in [0.29, 0.717) is 28.7 Å². The molecule has 0 fully saturated rings. The molecule has 4 rings (SSSR count). The number of hydrogen-bond acceptors (Lipinski definition) is 6. The zero-order valence-electron chi connectivity index (χ0n) is 13.6. The first kappa shape index (κ1) is 16.5. The zero-order valence-corrected chi connectivity index (χ0v) is 14.5. The molecule has 7 nitrogen and oxygen atoms in total. The fourth-order valence-electron chi connectivity index (χ4n) is 2.76. The molecule has 0 saturated heterocycles. The van der Waals surface area contributed by atoms with Crippen LogP contribution in [0.1, 0.15) is 24.0 Å². The largest absolute Gasteiger partial charge is 0.618 e. The highest BCUT2D eigenvalue weighted by Gasteiger charge is 2.35. The lowest BCUT2D eigenvalue weighted by molar-refractivity contribution is -0.645. The van der Waals surface area contributed by atoms with E-state index in [-0.39, 0.29) is 17.7 Å². The summed E-state index contributed by atoms with van der Waals surface area (Å²) in [5.74, 6) is 1.18. The van der Waals surface area contributed by atoms with E-state index < -0.39 is 0 Å². The van der Waals surface area contributed by atoms with Crippen LogP contribution in [0.2, 0.25) is 0 Å². The standard InChI is InChI=1S/C18H15N3O4S/c22-17(12-26-18-7-1-2-8-20(18)23)21-14(16-6-4-10-25-16)11-13(19-21)15-5-3-9-24-15/h1-10,14H,11-12H2. The minimum atomic E-state index is -0.326. The van der Waals surface area contributed by atoms with E-state index >= 15 is 0 Å². The van der Waals surface area contributed by atoms with Gasteiger partial charge in [0, 0.05) is 18.6 Å². The summed E-state index contributed by atoms with van der Waals surface area (Å²) in [6.45, 7) is 0. The van der Waals surface area contributed by atoms with Gasteiger partial charge >= 0.3 is 0 Å². The monoisotopic (exact) mass is 369 g/mol. The first-order chi connectivity index (χ1) is 12.7. The smallest absolute Gasteiger partial charge is 0.253 e. The summed E-state index contributed by atoms with van der Waals surface area (Å²) in [7, 11) is 0. The van der Waals surface area contributed by atoms with Gasteiger partial charge in [0.15, 0.2) is 6.20 Å². The SMILES string of the molecule is O=C(CSc1cccc[n+]1[O-])N1N=C(c2ccco2)CC1c1ccco1. The molecule has 1 aliphatic heterocycles. The summed E-state index contributed by atoms with van der Waals surface area (Å²) in [6.07, 6.45) is 5.05. The summed E-state index contributed by atoms with van der Waals surface area (Å²) in [5.41, 5.74) is 0.688. The molecule has 0 spiro atoms. The van der Waals surface area contributed by atoms with E-state index in [9.17, 15) is 10.0 Å². The number of amides is 1. The molecule has 0 radical (unpaired) electrons. The van der Waals surface area contributed by atoms with Gasteiger partial charge in [-0.3, -0.25) is 4.79 Å². The Hall–Kier alpha value is -3.00. The molecule has 0 aliphatic carbocycles. The average Bonchev–Trinajstić information content (AvgIpc) is 3.41. The van der Waals surface area contributed by atoms with Crippen molar-refractivity contribution in [2.24, 2.45) is 5.10 Å². The third kappa shape index (κ3) is 3.23. The third-order valence-electron chi connectivity index (χ3n) is 3.98. The van der Waals surface area contributed by atoms with Crippen molar-refractivity contribution < 1.29 is 18.4 Å². The Morgan fingerprint density at radius 3 is 2.81 bits per heavy atom. The number of carbonyl (C=O) groups is 1. The predicted octanol–water partition coefficient (Wildman–Crippen LogP) is 2.98. The number of thioether (sulfide) groups is 1. The second kappa shape index (κ2) is 7.09. The van der Waals surface area contributed by atoms with Gasteiger partial charge < -0.3 is 14.0 Å². The number of nitrogens with zero attached hydrogens (tertiary/aromatic N) is 3. The van der Waals surface area contributed by atoms with Crippen molar-refractivity contribution in [1.29, 1.82) is 0 Å². The average molecular weight is 369 g/mol. The van der Waals surface area contributed by atoms with E-state index in [1.165, 1.54) is 23.0 Å². The Labute approximate surface area is 153 Å². The highest BCUT2D eigenvalue weighted by Crippen LogP contribution is 2.33. The van der Waals surface area contributed by atoms with Crippen LogP contribution in [0.4, 0.5) is 0 Å². The van der Waals surface area contributed by atoms with Gasteiger partial charge in [0.25, 0.3) is 10.9 Å². The number of rotatable bonds is 5. The normalized spacial score (nSPS) is 16.7. The lowest BCUT2D eigenvalue weighted by Gasteiger charge is -2.19. The second-order valence-corrected chi connectivity index (χ2v) is 6.65. The van der Waals surface area contributed by atoms with Crippen LogP contribution in [0.25, 0.3) is 0 Å². The van der Waals surface area contributed by atoms with Crippen LogP contribution in [-0.2, 0) is 4.79 Å². The number of carbonyl (C=O) groups excluding carboxylic acids is 1. The van der Waals surface area contributed by atoms with Gasteiger partial charge in [-0.15, -0.1) is 0 Å². The van der Waals surface area contributed by atoms with Crippen LogP contribution < -0.4 is 4.73 Å². The Bertz CT molecular complexity index is 922. The van der Waals surface area contributed by atoms with Gasteiger partial charge in [-0.05, 0) is 42.1 Å². The molecule has 0 N–H and O–H groups in total. The van der Waals surface area contributed by atoms with Crippen molar-refractivity contribution in [1.82, 2.24) is 5.01 Å². The van der Waals surface area contributed by atoms with Crippen molar-refractivity contribution >= 4 is 23.4 Å². The zero-order chi connectivity index (χ0) is 17.9. The van der Waals surface area contributed by atoms with Crippen LogP contribution in [-0.4, -0.2) is 22.4 Å². The van der Waals surface area contributed by atoms with Crippen LogP contribution in [0.5, 0.6) is 0 Å². The number of aromatic nitrogens is 1. The molecule has 0 bridgehead atoms. The van der Waals surface area contributed by atoms with Gasteiger partial charge in [0.1, 0.15) is 23.3 Å². The quantitative estimate of drug-likeness (QED) is 0.392. The summed E-state index contributed by atoms with van der Waals surface area (Å²) in [4.78, 5) is 12.8. The number of pyridine rings is 1. The highest BCUT2D eigenvalue weighted by molar-refractivity contribution is 7.99. The molecule has 0 aromatic carbocycles. The first-order valence-electron chi connectivity index (χ1n) is 8.00. The lowest BCUT2D eigenvalue weighted by Crippen LogP contribution is -2.31. The van der Waals surface area contributed by atoms with E-state index in [0.717, 1.165) is 4.73 Å². The molecule has 0 saturated carbocycles. The van der Waals surface area contributed by atoms with E-state index in [4.69, 9.17) is 8.83 Å². The maximum Gasteiger partial charge on any atom is 0.253 e. The molecule has 3 aromatic heterocycles. The van der Waals surface area contributed by atoms with Gasteiger partial charge in [-0.2, -0.15) is 9.83 Å². The number of hydrogen-bond donors (Lipinski definition) is 0. The minimum Gasteiger partial charge on any atom is -0.618 e. The van der Waals surface area contributed by atoms with Crippen LogP contribution in [0.15, 0.2) is 80.1 Å². The maximum atomic E-state index is 12.8. The van der Waals surface area contributed by atoms with Crippen molar-refractivity contribution in [2.75, 3.05) is 5.75 Å². The topological polar surface area (TPSA) is 85.9 Å². The minimum absolute atomic E-state index is 0.0956. The van der Waals surface area contributed by atoms with Gasteiger partial charge in [-0.25, -0.2) is 5.01 Å². The molecular weight excluding hydrogens is 354 g/mol. The molecule has 4 heterocycles. The molecule has 1 atom stereocenters. The summed E-state index contributed by atoms with van der Waals surface area (Å²) >= 11 is 1.18. The van der Waals surface area contributed by atoms with Gasteiger partial charge in [0.2, 0.25) is 0 Å². The third-order valence-corrected chi connectivity index (χ3v) is 4.98. The van der Waals surface area contributed by atoms with Crippen molar-refractivity contribution in [3.8, 4) is 0 Å². The van der Waals surface area contributed by atoms with Crippen LogP contribution in [0, 0.1) is 5.21 Å². The predicted molar refractivity (Wildman–Crippen MR) is 94.3 cm³/mol. The molecular formula is C18H15N3O4S. The molecule has 1 aliphatic rings. The highest BCUT2D eigenvalue weighted by atomic mass is 32.2. The summed E-state index contributed by atoms with van der Waals surface area (Å²) in [6, 6.07) is 11.9. The van der Waals surface area contributed by atoms with Crippen molar-refractivity contribution in [3.63, 3.8) is 0 Å². The molecule has 1 amide bonds. The van der Waals surface area contributed by atoms with Gasteiger partial charge in [0.05, 0.1) is 18.3 Å². The second-order valence-electron chi connectivity index (χ2n) is 5.65. The van der Waals surface area contributed by atoms with E-state index in [1.54, 1.807) is 42.9 Å². The first-order valence-corrected chi connectivity index (χ1v) is 8.99. The Morgan fingerprint density at radius 2 is 2.08 bits per heavy atom. The summed E-state index contributed by atoms with van der Waals surface area (Å²) in [5, 5.41) is 18.1. The van der Waals surface area contributed by atoms with E-state index in [1.807, 2.05) is 12.1 Å². The Balaban J connectivity index is 1.54. The van der Waals surface area contributed by atoms with Gasteiger partial charge in [-0.1, -0.05) is 0 Å². The van der Waals surface area contributed by atoms with Crippen LogP contribution in [0.3, 0.4) is 0 Å². The number of furan rings is 2.